The van der Waals surface area contributed by atoms with Crippen LogP contribution in [-0.2, 0) is 28.9 Å². The van der Waals surface area contributed by atoms with Gasteiger partial charge in [-0.15, -0.1) is 11.3 Å². The standard InChI is InChI=1S/C28H35N3O5S/c1-20(2)17-35-28(34)31-25(14-22-11-7-4-8-12-22)26(32)15-23(13-21-9-5-3-6-10-21)30-27(33)36-18-24-16-29-19-37-24/h3-12,16,19-20,23,25-26,32H,13-15,17-18H2,1-2H3,(H,30,33)(H,31,34)/t23-,25-,26-/m0/s1. The van der Waals surface area contributed by atoms with E-state index in [2.05, 4.69) is 15.6 Å². The SMILES string of the molecule is CC(C)COC(=O)N[C@@H](Cc1ccccc1)[C@@H](O)C[C@H](Cc1ccccc1)NC(=O)OCc1cncs1. The lowest BCUT2D eigenvalue weighted by Crippen LogP contribution is -2.49. The molecule has 0 aliphatic carbocycles. The zero-order chi connectivity index (χ0) is 26.5. The molecule has 0 aliphatic rings. The van der Waals surface area contributed by atoms with Crippen LogP contribution >= 0.6 is 11.3 Å². The third kappa shape index (κ3) is 10.6. The highest BCUT2D eigenvalue weighted by atomic mass is 32.1. The molecule has 3 rings (SSSR count). The lowest BCUT2D eigenvalue weighted by Gasteiger charge is -2.28. The van der Waals surface area contributed by atoms with Gasteiger partial charge in [0.2, 0.25) is 0 Å². The summed E-state index contributed by atoms with van der Waals surface area (Å²) in [5, 5.41) is 17.0. The molecule has 1 aromatic heterocycles. The van der Waals surface area contributed by atoms with Crippen LogP contribution in [0.25, 0.3) is 0 Å². The molecule has 0 saturated heterocycles. The summed E-state index contributed by atoms with van der Waals surface area (Å²) >= 11 is 1.40. The molecule has 198 valence electrons. The number of benzene rings is 2. The molecular formula is C28H35N3O5S. The molecule has 2 amide bonds. The molecule has 0 fully saturated rings. The highest BCUT2D eigenvalue weighted by molar-refractivity contribution is 7.09. The molecule has 9 heteroatoms. The van der Waals surface area contributed by atoms with E-state index in [0.717, 1.165) is 16.0 Å². The molecule has 2 aromatic carbocycles. The van der Waals surface area contributed by atoms with Gasteiger partial charge in [-0.25, -0.2) is 9.59 Å². The Morgan fingerprint density at radius 2 is 1.54 bits per heavy atom. The first kappa shape index (κ1) is 28.1. The first-order valence-electron chi connectivity index (χ1n) is 12.4. The minimum Gasteiger partial charge on any atom is -0.449 e. The lowest BCUT2D eigenvalue weighted by molar-refractivity contribution is 0.0849. The molecule has 8 nitrogen and oxygen atoms in total. The van der Waals surface area contributed by atoms with Crippen molar-refractivity contribution in [1.82, 2.24) is 15.6 Å². The van der Waals surface area contributed by atoms with E-state index in [0.29, 0.717) is 12.8 Å². The van der Waals surface area contributed by atoms with Gasteiger partial charge >= 0.3 is 12.2 Å². The van der Waals surface area contributed by atoms with Gasteiger partial charge in [0.1, 0.15) is 6.61 Å². The number of amides is 2. The zero-order valence-electron chi connectivity index (χ0n) is 21.2. The van der Waals surface area contributed by atoms with Gasteiger partial charge in [-0.1, -0.05) is 74.5 Å². The fraction of sp³-hybridized carbons (Fsp3) is 0.393. The Hall–Kier alpha value is -3.43. The van der Waals surface area contributed by atoms with Crippen LogP contribution in [0, 0.1) is 5.92 Å². The van der Waals surface area contributed by atoms with Gasteiger partial charge < -0.3 is 25.2 Å². The Morgan fingerprint density at radius 1 is 0.919 bits per heavy atom. The molecule has 0 bridgehead atoms. The molecule has 1 heterocycles. The molecule has 37 heavy (non-hydrogen) atoms. The summed E-state index contributed by atoms with van der Waals surface area (Å²) in [7, 11) is 0. The Labute approximate surface area is 222 Å². The molecule has 0 aliphatic heterocycles. The van der Waals surface area contributed by atoms with E-state index >= 15 is 0 Å². The maximum atomic E-state index is 12.6. The molecule has 3 aromatic rings. The fourth-order valence-electron chi connectivity index (χ4n) is 3.79. The van der Waals surface area contributed by atoms with Crippen molar-refractivity contribution in [3.63, 3.8) is 0 Å². The predicted octanol–water partition coefficient (Wildman–Crippen LogP) is 4.73. The summed E-state index contributed by atoms with van der Waals surface area (Å²) in [5.74, 6) is 0.193. The van der Waals surface area contributed by atoms with Crippen molar-refractivity contribution in [2.75, 3.05) is 6.61 Å². The van der Waals surface area contributed by atoms with Crippen LogP contribution in [-0.4, -0.2) is 47.1 Å². The van der Waals surface area contributed by atoms with Crippen molar-refractivity contribution < 1.29 is 24.2 Å². The summed E-state index contributed by atoms with van der Waals surface area (Å²) in [6.45, 7) is 4.32. The van der Waals surface area contributed by atoms with Gasteiger partial charge in [0.15, 0.2) is 0 Å². The number of carbonyl (C=O) groups is 2. The minimum atomic E-state index is -0.956. The first-order chi connectivity index (χ1) is 17.9. The highest BCUT2D eigenvalue weighted by Crippen LogP contribution is 2.15. The predicted molar refractivity (Wildman–Crippen MR) is 143 cm³/mol. The Bertz CT molecular complexity index is 1060. The smallest absolute Gasteiger partial charge is 0.407 e. The monoisotopic (exact) mass is 525 g/mol. The van der Waals surface area contributed by atoms with Crippen molar-refractivity contribution in [2.24, 2.45) is 5.92 Å². The summed E-state index contributed by atoms with van der Waals surface area (Å²) in [6.07, 6.45) is 0.641. The van der Waals surface area contributed by atoms with Crippen LogP contribution in [0.4, 0.5) is 9.59 Å². The van der Waals surface area contributed by atoms with Crippen LogP contribution in [0.3, 0.4) is 0 Å². The van der Waals surface area contributed by atoms with Crippen LogP contribution in [0.5, 0.6) is 0 Å². The third-order valence-electron chi connectivity index (χ3n) is 5.62. The number of nitrogens with one attached hydrogen (secondary N) is 2. The Balaban J connectivity index is 1.69. The van der Waals surface area contributed by atoms with Gasteiger partial charge in [0, 0.05) is 12.2 Å². The van der Waals surface area contributed by atoms with E-state index in [1.807, 2.05) is 74.5 Å². The van der Waals surface area contributed by atoms with Gasteiger partial charge in [0.05, 0.1) is 29.1 Å². The van der Waals surface area contributed by atoms with Gasteiger partial charge in [-0.2, -0.15) is 0 Å². The van der Waals surface area contributed by atoms with E-state index in [-0.39, 0.29) is 25.6 Å². The largest absolute Gasteiger partial charge is 0.449 e. The van der Waals surface area contributed by atoms with Crippen molar-refractivity contribution in [3.05, 3.63) is 88.4 Å². The average Bonchev–Trinajstić information content (AvgIpc) is 3.41. The van der Waals surface area contributed by atoms with Crippen molar-refractivity contribution >= 4 is 23.5 Å². The second-order valence-corrected chi connectivity index (χ2v) is 10.3. The quantitative estimate of drug-likeness (QED) is 0.298. The number of thiazole rings is 1. The number of alkyl carbamates (subject to hydrolysis) is 2. The maximum Gasteiger partial charge on any atom is 0.407 e. The second kappa shape index (κ2) is 15.0. The number of aromatic nitrogens is 1. The number of hydrogen-bond donors (Lipinski definition) is 3. The zero-order valence-corrected chi connectivity index (χ0v) is 22.0. The summed E-state index contributed by atoms with van der Waals surface area (Å²) in [6, 6.07) is 18.3. The van der Waals surface area contributed by atoms with E-state index in [4.69, 9.17) is 9.47 Å². The summed E-state index contributed by atoms with van der Waals surface area (Å²) in [4.78, 5) is 29.9. The molecule has 3 atom stereocenters. The second-order valence-electron chi connectivity index (χ2n) is 9.31. The normalized spacial score (nSPS) is 13.4. The van der Waals surface area contributed by atoms with E-state index in [1.54, 1.807) is 11.7 Å². The van der Waals surface area contributed by atoms with Crippen LogP contribution in [0.2, 0.25) is 0 Å². The van der Waals surface area contributed by atoms with Crippen LogP contribution < -0.4 is 10.6 Å². The fourth-order valence-corrected chi connectivity index (χ4v) is 4.30. The summed E-state index contributed by atoms with van der Waals surface area (Å²) < 4.78 is 10.7. The Kier molecular flexibility index (Phi) is 11.4. The van der Waals surface area contributed by atoms with E-state index < -0.39 is 30.4 Å². The van der Waals surface area contributed by atoms with Crippen LogP contribution in [0.1, 0.15) is 36.3 Å². The van der Waals surface area contributed by atoms with Crippen molar-refractivity contribution in [1.29, 1.82) is 0 Å². The first-order valence-corrected chi connectivity index (χ1v) is 13.3. The van der Waals surface area contributed by atoms with Crippen molar-refractivity contribution in [3.8, 4) is 0 Å². The topological polar surface area (TPSA) is 110 Å². The van der Waals surface area contributed by atoms with Crippen LogP contribution in [0.15, 0.2) is 72.4 Å². The van der Waals surface area contributed by atoms with Gasteiger partial charge in [0.25, 0.3) is 0 Å². The molecule has 0 saturated carbocycles. The van der Waals surface area contributed by atoms with Crippen molar-refractivity contribution in [2.45, 2.75) is 57.9 Å². The maximum absolute atomic E-state index is 12.6. The molecule has 0 unspecified atom stereocenters. The number of rotatable bonds is 13. The van der Waals surface area contributed by atoms with E-state index in [9.17, 15) is 14.7 Å². The number of aliphatic hydroxyl groups excluding tert-OH is 1. The average molecular weight is 526 g/mol. The molecule has 0 radical (unpaired) electrons. The summed E-state index contributed by atoms with van der Waals surface area (Å²) in [5.41, 5.74) is 3.65. The molecule has 3 N–H and O–H groups in total. The number of ether oxygens (including phenoxy) is 2. The third-order valence-corrected chi connectivity index (χ3v) is 6.37. The number of nitrogens with zero attached hydrogens (tertiary/aromatic N) is 1. The lowest BCUT2D eigenvalue weighted by atomic mass is 9.94. The van der Waals surface area contributed by atoms with E-state index in [1.165, 1.54) is 11.3 Å². The molecule has 0 spiro atoms. The number of carbonyl (C=O) groups excluding carboxylic acids is 2. The minimum absolute atomic E-state index is 0.122. The highest BCUT2D eigenvalue weighted by Gasteiger charge is 2.27. The molecular weight excluding hydrogens is 490 g/mol. The van der Waals surface area contributed by atoms with Gasteiger partial charge in [-0.3, -0.25) is 4.98 Å². The number of hydrogen-bond acceptors (Lipinski definition) is 7. The Morgan fingerprint density at radius 3 is 2.14 bits per heavy atom. The number of aliphatic hydroxyl groups is 1. The van der Waals surface area contributed by atoms with Gasteiger partial charge in [-0.05, 0) is 36.3 Å².